The summed E-state index contributed by atoms with van der Waals surface area (Å²) in [6, 6.07) is 63.5. The first-order valence-electron chi connectivity index (χ1n) is 19.0. The number of rotatable bonds is 6. The van der Waals surface area contributed by atoms with Gasteiger partial charge in [-0.05, 0) is 90.5 Å². The van der Waals surface area contributed by atoms with Crippen molar-refractivity contribution in [2.75, 3.05) is 14.7 Å². The van der Waals surface area contributed by atoms with Crippen LogP contribution in [0.25, 0.3) is 44.0 Å². The van der Waals surface area contributed by atoms with Gasteiger partial charge >= 0.3 is 0 Å². The second-order valence-electron chi connectivity index (χ2n) is 14.0. The molecule has 57 heavy (non-hydrogen) atoms. The van der Waals surface area contributed by atoms with Gasteiger partial charge in [-0.15, -0.1) is 0 Å². The van der Waals surface area contributed by atoms with Gasteiger partial charge in [0.15, 0.2) is 0 Å². The molecule has 0 amide bonds. The summed E-state index contributed by atoms with van der Waals surface area (Å²) in [4.78, 5) is 27.2. The Hall–Kier alpha value is -7.90. The van der Waals surface area contributed by atoms with E-state index in [1.165, 1.54) is 0 Å². The molecule has 7 nitrogen and oxygen atoms in total. The highest BCUT2D eigenvalue weighted by atomic mass is 15.3. The van der Waals surface area contributed by atoms with E-state index in [1.807, 2.05) is 24.4 Å². The van der Waals surface area contributed by atoms with Crippen LogP contribution in [-0.2, 0) is 0 Å². The van der Waals surface area contributed by atoms with Crippen molar-refractivity contribution in [1.82, 2.24) is 19.9 Å². The molecule has 11 rings (SSSR count). The number of hydrogen-bond acceptors (Lipinski definition) is 7. The van der Waals surface area contributed by atoms with E-state index in [0.717, 1.165) is 95.3 Å². The van der Waals surface area contributed by atoms with E-state index >= 15 is 0 Å². The van der Waals surface area contributed by atoms with Crippen LogP contribution in [0.1, 0.15) is 0 Å². The standard InChI is InChI=1S/C50H33N7/c1-5-15-34(16-6-1)35-31-41-48-47(51-29-30-52-48)40-26-28-46(54-50(40)49(41)53-33-35)57-43-24-14-13-23-42(43)56(38-21-11-4-12-22-38)45-32-39(25-27-44(45)57)55(36-17-7-2-8-18-36)37-19-9-3-10-20-37/h1-33H. The van der Waals surface area contributed by atoms with E-state index in [4.69, 9.17) is 19.9 Å². The first-order valence-corrected chi connectivity index (χ1v) is 19.0. The maximum Gasteiger partial charge on any atom is 0.138 e. The molecular formula is C50H33N7. The summed E-state index contributed by atoms with van der Waals surface area (Å²) < 4.78 is 0. The Morgan fingerprint density at radius 1 is 0.368 bits per heavy atom. The lowest BCUT2D eigenvalue weighted by Crippen LogP contribution is -2.25. The molecule has 1 aliphatic rings. The van der Waals surface area contributed by atoms with Crippen molar-refractivity contribution in [2.24, 2.45) is 0 Å². The van der Waals surface area contributed by atoms with Crippen LogP contribution >= 0.6 is 0 Å². The fourth-order valence-electron chi connectivity index (χ4n) is 8.12. The zero-order chi connectivity index (χ0) is 37.7. The lowest BCUT2D eigenvalue weighted by atomic mass is 10.0. The number of nitrogens with zero attached hydrogens (tertiary/aromatic N) is 7. The average molecular weight is 732 g/mol. The Morgan fingerprint density at radius 3 is 1.61 bits per heavy atom. The van der Waals surface area contributed by atoms with Gasteiger partial charge in [-0.3, -0.25) is 19.9 Å². The number of anilines is 9. The number of benzene rings is 7. The number of fused-ring (bicyclic) bond motifs is 8. The molecule has 0 aliphatic carbocycles. The number of para-hydroxylation sites is 5. The number of pyridine rings is 2. The maximum absolute atomic E-state index is 5.49. The summed E-state index contributed by atoms with van der Waals surface area (Å²) in [7, 11) is 0. The predicted molar refractivity (Wildman–Crippen MR) is 233 cm³/mol. The van der Waals surface area contributed by atoms with Crippen LogP contribution in [0.15, 0.2) is 201 Å². The van der Waals surface area contributed by atoms with E-state index in [0.29, 0.717) is 0 Å². The summed E-state index contributed by atoms with van der Waals surface area (Å²) in [6.07, 6.45) is 5.43. The van der Waals surface area contributed by atoms with Crippen LogP contribution in [0.5, 0.6) is 0 Å². The lowest BCUT2D eigenvalue weighted by Gasteiger charge is -2.40. The minimum absolute atomic E-state index is 0.774. The van der Waals surface area contributed by atoms with Gasteiger partial charge in [-0.25, -0.2) is 4.98 Å². The van der Waals surface area contributed by atoms with Crippen molar-refractivity contribution < 1.29 is 0 Å². The summed E-state index contributed by atoms with van der Waals surface area (Å²) >= 11 is 0. The third-order valence-corrected chi connectivity index (χ3v) is 10.6. The Morgan fingerprint density at radius 2 is 0.930 bits per heavy atom. The first kappa shape index (κ1) is 32.5. The Balaban J connectivity index is 1.15. The second-order valence-corrected chi connectivity index (χ2v) is 14.0. The highest BCUT2D eigenvalue weighted by Crippen LogP contribution is 2.55. The molecule has 0 radical (unpaired) electrons. The van der Waals surface area contributed by atoms with Crippen molar-refractivity contribution in [3.05, 3.63) is 201 Å². The molecule has 0 bridgehead atoms. The van der Waals surface area contributed by atoms with Crippen molar-refractivity contribution in [3.8, 4) is 11.1 Å². The molecule has 1 aliphatic heterocycles. The number of aromatic nitrogens is 4. The monoisotopic (exact) mass is 731 g/mol. The van der Waals surface area contributed by atoms with Crippen LogP contribution in [0.3, 0.4) is 0 Å². The first-order chi connectivity index (χ1) is 28.3. The molecule has 10 aromatic rings. The summed E-state index contributed by atoms with van der Waals surface area (Å²) in [5, 5.41) is 1.82. The van der Waals surface area contributed by atoms with Crippen LogP contribution < -0.4 is 14.7 Å². The highest BCUT2D eigenvalue weighted by molar-refractivity contribution is 6.21. The topological polar surface area (TPSA) is 61.3 Å². The Labute approximate surface area is 329 Å². The lowest BCUT2D eigenvalue weighted by molar-refractivity contribution is 1.13. The zero-order valence-electron chi connectivity index (χ0n) is 30.7. The molecule has 268 valence electrons. The third-order valence-electron chi connectivity index (χ3n) is 10.6. The normalized spacial score (nSPS) is 12.1. The molecule has 7 aromatic carbocycles. The molecule has 0 saturated carbocycles. The SMILES string of the molecule is c1ccc(-c2cnc3c(c2)c2nccnc2c2ccc(N4c5ccccc5N(c5ccccc5)c5cc(N(c6ccccc6)c6ccccc6)ccc54)nc23)cc1. The fourth-order valence-corrected chi connectivity index (χ4v) is 8.12. The molecular weight excluding hydrogens is 699 g/mol. The molecule has 3 aromatic heterocycles. The maximum atomic E-state index is 5.49. The smallest absolute Gasteiger partial charge is 0.138 e. The van der Waals surface area contributed by atoms with E-state index in [1.54, 1.807) is 12.4 Å². The minimum atomic E-state index is 0.774. The van der Waals surface area contributed by atoms with Gasteiger partial charge in [0, 0.05) is 57.7 Å². The third kappa shape index (κ3) is 5.44. The molecule has 0 N–H and O–H groups in total. The molecule has 0 atom stereocenters. The Kier molecular flexibility index (Phi) is 7.67. The van der Waals surface area contributed by atoms with Gasteiger partial charge in [0.05, 0.1) is 39.3 Å². The van der Waals surface area contributed by atoms with Gasteiger partial charge in [-0.1, -0.05) is 97.1 Å². The molecule has 0 spiro atoms. The summed E-state index contributed by atoms with van der Waals surface area (Å²) in [5.74, 6) is 0.776. The van der Waals surface area contributed by atoms with Crippen molar-refractivity contribution in [2.45, 2.75) is 0 Å². The van der Waals surface area contributed by atoms with Gasteiger partial charge < -0.3 is 9.80 Å². The average Bonchev–Trinajstić information content (AvgIpc) is 3.29. The van der Waals surface area contributed by atoms with E-state index < -0.39 is 0 Å². The molecule has 0 fully saturated rings. The number of hydrogen-bond donors (Lipinski definition) is 0. The zero-order valence-corrected chi connectivity index (χ0v) is 30.7. The second kappa shape index (κ2) is 13.4. The Bertz CT molecular complexity index is 3050. The van der Waals surface area contributed by atoms with Gasteiger partial charge in [0.1, 0.15) is 11.3 Å². The van der Waals surface area contributed by atoms with Crippen molar-refractivity contribution >= 4 is 84.2 Å². The molecule has 4 heterocycles. The largest absolute Gasteiger partial charge is 0.310 e. The van der Waals surface area contributed by atoms with Crippen LogP contribution in [-0.4, -0.2) is 19.9 Å². The minimum Gasteiger partial charge on any atom is -0.310 e. The van der Waals surface area contributed by atoms with Crippen LogP contribution in [0.2, 0.25) is 0 Å². The van der Waals surface area contributed by atoms with E-state index in [2.05, 4.69) is 178 Å². The van der Waals surface area contributed by atoms with Crippen LogP contribution in [0.4, 0.5) is 51.3 Å². The van der Waals surface area contributed by atoms with E-state index in [-0.39, 0.29) is 0 Å². The van der Waals surface area contributed by atoms with Crippen molar-refractivity contribution in [3.63, 3.8) is 0 Å². The highest BCUT2D eigenvalue weighted by Gasteiger charge is 2.32. The predicted octanol–water partition coefficient (Wildman–Crippen LogP) is 13.1. The molecule has 0 unspecified atom stereocenters. The van der Waals surface area contributed by atoms with Gasteiger partial charge in [0.2, 0.25) is 0 Å². The van der Waals surface area contributed by atoms with Crippen LogP contribution in [0, 0.1) is 0 Å². The fraction of sp³-hybridized carbons (Fsp3) is 0. The van der Waals surface area contributed by atoms with Gasteiger partial charge in [0.25, 0.3) is 0 Å². The van der Waals surface area contributed by atoms with E-state index in [9.17, 15) is 0 Å². The summed E-state index contributed by atoms with van der Waals surface area (Å²) in [6.45, 7) is 0. The van der Waals surface area contributed by atoms with Gasteiger partial charge in [-0.2, -0.15) is 0 Å². The molecule has 7 heteroatoms. The quantitative estimate of drug-likeness (QED) is 0.158. The summed E-state index contributed by atoms with van der Waals surface area (Å²) in [5.41, 5.74) is 13.6. The van der Waals surface area contributed by atoms with Crippen molar-refractivity contribution in [1.29, 1.82) is 0 Å². The molecule has 0 saturated heterocycles.